The fourth-order valence-corrected chi connectivity index (χ4v) is 1.90. The molecule has 0 aliphatic carbocycles. The number of rotatable bonds is 3. The molecule has 1 rings (SSSR count). The lowest BCUT2D eigenvalue weighted by molar-refractivity contribution is -0.424. The van der Waals surface area contributed by atoms with E-state index in [4.69, 9.17) is 4.74 Å². The zero-order valence-electron chi connectivity index (χ0n) is 10.2. The highest BCUT2D eigenvalue weighted by Crippen LogP contribution is 2.20. The number of likely N-dealkylation sites (tertiary alicyclic amines) is 1. The van der Waals surface area contributed by atoms with Crippen molar-refractivity contribution in [1.82, 2.24) is 4.90 Å². The van der Waals surface area contributed by atoms with Gasteiger partial charge in [-0.15, -0.1) is 0 Å². The van der Waals surface area contributed by atoms with Gasteiger partial charge in [0.1, 0.15) is 0 Å². The summed E-state index contributed by atoms with van der Waals surface area (Å²) in [6.45, 7) is 4.11. The van der Waals surface area contributed by atoms with Crippen LogP contribution in [0, 0.1) is 10.1 Å². The van der Waals surface area contributed by atoms with Crippen molar-refractivity contribution in [2.45, 2.75) is 39.2 Å². The van der Waals surface area contributed by atoms with Gasteiger partial charge in [-0.3, -0.25) is 10.1 Å². The van der Waals surface area contributed by atoms with Crippen molar-refractivity contribution in [1.29, 1.82) is 0 Å². The van der Waals surface area contributed by atoms with Crippen LogP contribution in [0.3, 0.4) is 0 Å². The summed E-state index contributed by atoms with van der Waals surface area (Å²) >= 11 is 0. The van der Waals surface area contributed by atoms with E-state index in [0.717, 1.165) is 19.3 Å². The minimum atomic E-state index is -0.433. The maximum Gasteiger partial charge on any atom is 0.410 e. The molecule has 0 bridgehead atoms. The molecule has 0 aromatic heterocycles. The Hall–Kier alpha value is -1.59. The molecule has 0 unspecified atom stereocenters. The largest absolute Gasteiger partial charge is 0.450 e. The first-order valence-corrected chi connectivity index (χ1v) is 5.82. The van der Waals surface area contributed by atoms with E-state index in [-0.39, 0.29) is 17.8 Å². The Labute approximate surface area is 100 Å². The van der Waals surface area contributed by atoms with Crippen LogP contribution < -0.4 is 0 Å². The van der Waals surface area contributed by atoms with E-state index in [0.29, 0.717) is 13.2 Å². The van der Waals surface area contributed by atoms with E-state index in [2.05, 4.69) is 0 Å². The highest BCUT2D eigenvalue weighted by Gasteiger charge is 2.27. The molecular weight excluding hydrogens is 224 g/mol. The second-order valence-corrected chi connectivity index (χ2v) is 4.02. The minimum absolute atomic E-state index is 0.0752. The van der Waals surface area contributed by atoms with E-state index in [1.54, 1.807) is 11.8 Å². The number of nitrogens with zero attached hydrogens (tertiary/aromatic N) is 2. The minimum Gasteiger partial charge on any atom is -0.450 e. The number of nitro groups is 1. The van der Waals surface area contributed by atoms with Crippen LogP contribution in [0.2, 0.25) is 0 Å². The van der Waals surface area contributed by atoms with E-state index in [9.17, 15) is 14.9 Å². The molecule has 6 nitrogen and oxygen atoms in total. The average molecular weight is 242 g/mol. The first-order valence-electron chi connectivity index (χ1n) is 5.82. The van der Waals surface area contributed by atoms with Gasteiger partial charge in [0, 0.05) is 19.5 Å². The number of amides is 1. The van der Waals surface area contributed by atoms with Crippen molar-refractivity contribution in [3.63, 3.8) is 0 Å². The molecule has 0 spiro atoms. The predicted octanol–water partition coefficient (Wildman–Crippen LogP) is 2.18. The van der Waals surface area contributed by atoms with Crippen molar-refractivity contribution >= 4 is 6.09 Å². The van der Waals surface area contributed by atoms with Gasteiger partial charge < -0.3 is 9.64 Å². The Balaban J connectivity index is 2.75. The SMILES string of the molecule is CCOC(=O)N1CCCC[C@H]1/C=C(\C)[N+](=O)[O-]. The van der Waals surface area contributed by atoms with E-state index < -0.39 is 4.92 Å². The van der Waals surface area contributed by atoms with Crippen molar-refractivity contribution < 1.29 is 14.5 Å². The summed E-state index contributed by atoms with van der Waals surface area (Å²) in [6, 6.07) is -0.215. The zero-order chi connectivity index (χ0) is 12.8. The van der Waals surface area contributed by atoms with Crippen LogP contribution in [0.1, 0.15) is 33.1 Å². The Morgan fingerprint density at radius 3 is 2.88 bits per heavy atom. The van der Waals surface area contributed by atoms with Crippen molar-refractivity contribution in [3.8, 4) is 0 Å². The van der Waals surface area contributed by atoms with Crippen LogP contribution >= 0.6 is 0 Å². The molecule has 6 heteroatoms. The van der Waals surface area contributed by atoms with Crippen molar-refractivity contribution in [2.75, 3.05) is 13.2 Å². The summed E-state index contributed by atoms with van der Waals surface area (Å²) in [6.07, 6.45) is 3.80. The molecule has 17 heavy (non-hydrogen) atoms. The number of carbonyl (C=O) groups is 1. The fourth-order valence-electron chi connectivity index (χ4n) is 1.90. The number of hydrogen-bond donors (Lipinski definition) is 0. The quantitative estimate of drug-likeness (QED) is 0.561. The molecule has 1 amide bonds. The maximum atomic E-state index is 11.7. The molecule has 1 aliphatic rings. The third kappa shape index (κ3) is 3.72. The standard InChI is InChI=1S/C11H18N2O4/c1-3-17-11(14)12-7-5-4-6-10(12)8-9(2)13(15)16/h8,10H,3-7H2,1-2H3/b9-8+/t10-/m0/s1. The molecule has 1 saturated heterocycles. The molecule has 1 atom stereocenters. The van der Waals surface area contributed by atoms with Crippen LogP contribution in [-0.2, 0) is 4.74 Å². The normalized spacial score (nSPS) is 21.2. The van der Waals surface area contributed by atoms with Gasteiger partial charge in [0.05, 0.1) is 17.6 Å². The third-order valence-corrected chi connectivity index (χ3v) is 2.77. The molecule has 1 fully saturated rings. The monoisotopic (exact) mass is 242 g/mol. The fraction of sp³-hybridized carbons (Fsp3) is 0.727. The zero-order valence-corrected chi connectivity index (χ0v) is 10.2. The van der Waals surface area contributed by atoms with Gasteiger partial charge in [-0.2, -0.15) is 0 Å². The molecule has 0 radical (unpaired) electrons. The topological polar surface area (TPSA) is 72.7 Å². The van der Waals surface area contributed by atoms with Crippen molar-refractivity contribution in [2.24, 2.45) is 0 Å². The summed E-state index contributed by atoms with van der Waals surface area (Å²) in [4.78, 5) is 23.4. The van der Waals surface area contributed by atoms with Crippen LogP contribution in [0.4, 0.5) is 4.79 Å². The second kappa shape index (κ2) is 6.22. The summed E-state index contributed by atoms with van der Waals surface area (Å²) in [5, 5.41) is 10.6. The molecule has 0 N–H and O–H groups in total. The first-order chi connectivity index (χ1) is 8.06. The lowest BCUT2D eigenvalue weighted by Gasteiger charge is -2.32. The Kier molecular flexibility index (Phi) is 4.93. The molecule has 96 valence electrons. The molecule has 1 aliphatic heterocycles. The summed E-state index contributed by atoms with van der Waals surface area (Å²) in [7, 11) is 0. The van der Waals surface area contributed by atoms with Gasteiger partial charge in [-0.25, -0.2) is 4.79 Å². The van der Waals surface area contributed by atoms with Crippen LogP contribution in [-0.4, -0.2) is 35.1 Å². The lowest BCUT2D eigenvalue weighted by atomic mass is 10.0. The van der Waals surface area contributed by atoms with Crippen LogP contribution in [0.25, 0.3) is 0 Å². The van der Waals surface area contributed by atoms with E-state index in [1.807, 2.05) is 0 Å². The van der Waals surface area contributed by atoms with Gasteiger partial charge in [0.15, 0.2) is 0 Å². The van der Waals surface area contributed by atoms with Crippen LogP contribution in [0.15, 0.2) is 11.8 Å². The Bertz CT molecular complexity index is 327. The van der Waals surface area contributed by atoms with Crippen LogP contribution in [0.5, 0.6) is 0 Å². The summed E-state index contributed by atoms with van der Waals surface area (Å²) < 4.78 is 4.94. The highest BCUT2D eigenvalue weighted by molar-refractivity contribution is 5.68. The Morgan fingerprint density at radius 1 is 1.59 bits per heavy atom. The van der Waals surface area contributed by atoms with Gasteiger partial charge in [0.25, 0.3) is 0 Å². The number of hydrogen-bond acceptors (Lipinski definition) is 4. The molecular formula is C11H18N2O4. The smallest absolute Gasteiger partial charge is 0.410 e. The predicted molar refractivity (Wildman–Crippen MR) is 62.1 cm³/mol. The number of allylic oxidation sites excluding steroid dienone is 1. The second-order valence-electron chi connectivity index (χ2n) is 4.02. The van der Waals surface area contributed by atoms with E-state index in [1.165, 1.54) is 13.0 Å². The van der Waals surface area contributed by atoms with Gasteiger partial charge >= 0.3 is 6.09 Å². The molecule has 0 aromatic rings. The number of carbonyl (C=O) groups excluding carboxylic acids is 1. The summed E-state index contributed by atoms with van der Waals surface area (Å²) in [5.41, 5.74) is 0.0752. The highest BCUT2D eigenvalue weighted by atomic mass is 16.6. The molecule has 0 saturated carbocycles. The van der Waals surface area contributed by atoms with Gasteiger partial charge in [-0.05, 0) is 26.2 Å². The lowest BCUT2D eigenvalue weighted by Crippen LogP contribution is -2.43. The van der Waals surface area contributed by atoms with Gasteiger partial charge in [0.2, 0.25) is 5.70 Å². The van der Waals surface area contributed by atoms with Crippen molar-refractivity contribution in [3.05, 3.63) is 21.9 Å². The first kappa shape index (κ1) is 13.5. The third-order valence-electron chi connectivity index (χ3n) is 2.77. The molecule has 0 aromatic carbocycles. The summed E-state index contributed by atoms with van der Waals surface area (Å²) in [5.74, 6) is 0. The number of piperidine rings is 1. The van der Waals surface area contributed by atoms with E-state index >= 15 is 0 Å². The maximum absolute atomic E-state index is 11.7. The average Bonchev–Trinajstić information content (AvgIpc) is 2.29. The number of ether oxygens (including phenoxy) is 1. The Morgan fingerprint density at radius 2 is 2.29 bits per heavy atom. The van der Waals surface area contributed by atoms with Gasteiger partial charge in [-0.1, -0.05) is 0 Å². The molecule has 1 heterocycles.